The first-order chi connectivity index (χ1) is 12.1. The number of carboxylic acids is 1. The molecule has 0 aliphatic rings. The summed E-state index contributed by atoms with van der Waals surface area (Å²) in [5.41, 5.74) is 1.93. The van der Waals surface area contributed by atoms with Gasteiger partial charge in [-0.25, -0.2) is 4.79 Å². The predicted octanol–water partition coefficient (Wildman–Crippen LogP) is 5.61. The Bertz CT molecular complexity index is 901. The van der Waals surface area contributed by atoms with Gasteiger partial charge in [0.05, 0.1) is 5.57 Å². The summed E-state index contributed by atoms with van der Waals surface area (Å²) in [4.78, 5) is 12.2. The Morgan fingerprint density at radius 1 is 1.12 bits per heavy atom. The lowest BCUT2D eigenvalue weighted by Gasteiger charge is -2.08. The van der Waals surface area contributed by atoms with E-state index in [0.717, 1.165) is 16.0 Å². The molecular weight excluding hydrogens is 356 g/mol. The van der Waals surface area contributed by atoms with E-state index in [1.165, 1.54) is 11.3 Å². The number of thiophene rings is 1. The van der Waals surface area contributed by atoms with Crippen molar-refractivity contribution in [2.24, 2.45) is 0 Å². The van der Waals surface area contributed by atoms with Crippen molar-refractivity contribution in [1.29, 1.82) is 0 Å². The Kier molecular flexibility index (Phi) is 5.53. The fraction of sp³-hybridized carbons (Fsp3) is 0.0500. The normalized spacial score (nSPS) is 11.3. The van der Waals surface area contributed by atoms with Crippen LogP contribution in [-0.4, -0.2) is 11.1 Å². The van der Waals surface area contributed by atoms with Gasteiger partial charge in [0.2, 0.25) is 0 Å². The fourth-order valence-electron chi connectivity index (χ4n) is 2.31. The van der Waals surface area contributed by atoms with Crippen molar-refractivity contribution in [1.82, 2.24) is 0 Å². The molecule has 0 saturated carbocycles. The highest BCUT2D eigenvalue weighted by atomic mass is 35.5. The molecule has 0 aliphatic carbocycles. The highest BCUT2D eigenvalue weighted by Gasteiger charge is 2.11. The first-order valence-electron chi connectivity index (χ1n) is 7.58. The number of ether oxygens (including phenoxy) is 1. The molecule has 1 heterocycles. The molecule has 0 saturated heterocycles. The molecule has 0 amide bonds. The van der Waals surface area contributed by atoms with E-state index in [0.29, 0.717) is 17.4 Å². The van der Waals surface area contributed by atoms with Crippen molar-refractivity contribution in [3.8, 4) is 5.75 Å². The molecule has 1 aromatic heterocycles. The number of benzene rings is 2. The molecule has 0 atom stereocenters. The van der Waals surface area contributed by atoms with Crippen LogP contribution in [0.3, 0.4) is 0 Å². The second-order valence-corrected chi connectivity index (χ2v) is 6.65. The Morgan fingerprint density at radius 2 is 1.96 bits per heavy atom. The van der Waals surface area contributed by atoms with Gasteiger partial charge in [-0.2, -0.15) is 0 Å². The maximum absolute atomic E-state index is 11.5. The summed E-state index contributed by atoms with van der Waals surface area (Å²) in [5.74, 6) is -0.297. The minimum absolute atomic E-state index is 0.262. The van der Waals surface area contributed by atoms with Gasteiger partial charge in [-0.1, -0.05) is 48.0 Å². The van der Waals surface area contributed by atoms with Gasteiger partial charge < -0.3 is 9.84 Å². The van der Waals surface area contributed by atoms with E-state index in [1.807, 2.05) is 60.0 Å². The van der Waals surface area contributed by atoms with Crippen LogP contribution in [-0.2, 0) is 11.4 Å². The van der Waals surface area contributed by atoms with Crippen molar-refractivity contribution >= 4 is 40.6 Å². The molecule has 0 aliphatic heterocycles. The molecule has 0 radical (unpaired) electrons. The number of carbonyl (C=O) groups is 1. The maximum Gasteiger partial charge on any atom is 0.337 e. The molecule has 5 heteroatoms. The standard InChI is InChI=1S/C20H15ClO3S/c21-18-8-2-1-6-15(18)13-24-16-7-3-5-14(11-16)12-17(20(22)23)19-9-4-10-25-19/h1-12H,13H2,(H,22,23)/b17-12-. The number of carboxylic acid groups (broad SMARTS) is 1. The molecule has 3 nitrogen and oxygen atoms in total. The van der Waals surface area contributed by atoms with Gasteiger partial charge in [-0.3, -0.25) is 0 Å². The van der Waals surface area contributed by atoms with Crippen LogP contribution in [0.25, 0.3) is 11.6 Å². The van der Waals surface area contributed by atoms with Gasteiger partial charge >= 0.3 is 5.97 Å². The van der Waals surface area contributed by atoms with Crippen LogP contribution in [0.5, 0.6) is 5.75 Å². The van der Waals surface area contributed by atoms with Gasteiger partial charge in [-0.05, 0) is 41.3 Å². The molecule has 3 rings (SSSR count). The van der Waals surface area contributed by atoms with Crippen molar-refractivity contribution in [3.05, 3.63) is 87.1 Å². The van der Waals surface area contributed by atoms with Crippen molar-refractivity contribution in [2.75, 3.05) is 0 Å². The molecule has 0 fully saturated rings. The minimum atomic E-state index is -0.954. The number of rotatable bonds is 6. The third-order valence-electron chi connectivity index (χ3n) is 3.54. The van der Waals surface area contributed by atoms with Crippen LogP contribution >= 0.6 is 22.9 Å². The highest BCUT2D eigenvalue weighted by molar-refractivity contribution is 7.11. The molecule has 2 aromatic carbocycles. The summed E-state index contributed by atoms with van der Waals surface area (Å²) < 4.78 is 5.79. The van der Waals surface area contributed by atoms with Crippen LogP contribution in [0.1, 0.15) is 16.0 Å². The van der Waals surface area contributed by atoms with Crippen LogP contribution in [0.4, 0.5) is 0 Å². The molecule has 126 valence electrons. The molecule has 0 spiro atoms. The first-order valence-corrected chi connectivity index (χ1v) is 8.84. The lowest BCUT2D eigenvalue weighted by atomic mass is 10.1. The third-order valence-corrected chi connectivity index (χ3v) is 4.81. The Balaban J connectivity index is 1.80. The van der Waals surface area contributed by atoms with Crippen LogP contribution < -0.4 is 4.74 Å². The predicted molar refractivity (Wildman–Crippen MR) is 102 cm³/mol. The van der Waals surface area contributed by atoms with Crippen molar-refractivity contribution in [3.63, 3.8) is 0 Å². The van der Waals surface area contributed by atoms with E-state index in [4.69, 9.17) is 16.3 Å². The number of hydrogen-bond acceptors (Lipinski definition) is 3. The average molecular weight is 371 g/mol. The molecule has 0 unspecified atom stereocenters. The van der Waals surface area contributed by atoms with E-state index >= 15 is 0 Å². The minimum Gasteiger partial charge on any atom is -0.489 e. The van der Waals surface area contributed by atoms with Gasteiger partial charge in [0.15, 0.2) is 0 Å². The lowest BCUT2D eigenvalue weighted by Crippen LogP contribution is -1.98. The Labute approximate surface area is 154 Å². The smallest absolute Gasteiger partial charge is 0.337 e. The quantitative estimate of drug-likeness (QED) is 0.574. The van der Waals surface area contributed by atoms with Crippen LogP contribution in [0, 0.1) is 0 Å². The zero-order valence-corrected chi connectivity index (χ0v) is 14.8. The third kappa shape index (κ3) is 4.50. The van der Waals surface area contributed by atoms with E-state index < -0.39 is 5.97 Å². The summed E-state index contributed by atoms with van der Waals surface area (Å²) >= 11 is 7.53. The Hall–Kier alpha value is -2.56. The summed E-state index contributed by atoms with van der Waals surface area (Å²) in [5, 5.41) is 12.0. The first kappa shape index (κ1) is 17.3. The second-order valence-electron chi connectivity index (χ2n) is 5.29. The topological polar surface area (TPSA) is 46.5 Å². The molecule has 25 heavy (non-hydrogen) atoms. The number of hydrogen-bond donors (Lipinski definition) is 1. The van der Waals surface area contributed by atoms with Gasteiger partial charge in [0.1, 0.15) is 12.4 Å². The van der Waals surface area contributed by atoms with E-state index in [-0.39, 0.29) is 5.57 Å². The molecule has 1 N–H and O–H groups in total. The van der Waals surface area contributed by atoms with Crippen molar-refractivity contribution in [2.45, 2.75) is 6.61 Å². The monoisotopic (exact) mass is 370 g/mol. The molecular formula is C20H15ClO3S. The average Bonchev–Trinajstić information content (AvgIpc) is 3.13. The van der Waals surface area contributed by atoms with Gasteiger partial charge in [-0.15, -0.1) is 11.3 Å². The van der Waals surface area contributed by atoms with Gasteiger partial charge in [0, 0.05) is 15.5 Å². The fourth-order valence-corrected chi connectivity index (χ4v) is 3.23. The molecule has 3 aromatic rings. The number of halogens is 1. The van der Waals surface area contributed by atoms with Crippen LogP contribution in [0.2, 0.25) is 5.02 Å². The van der Waals surface area contributed by atoms with Gasteiger partial charge in [0.25, 0.3) is 0 Å². The lowest BCUT2D eigenvalue weighted by molar-refractivity contribution is -0.130. The summed E-state index contributed by atoms with van der Waals surface area (Å²) in [6.07, 6.45) is 1.65. The summed E-state index contributed by atoms with van der Waals surface area (Å²) in [6, 6.07) is 18.5. The zero-order valence-electron chi connectivity index (χ0n) is 13.2. The number of aliphatic carboxylic acids is 1. The summed E-state index contributed by atoms with van der Waals surface area (Å²) in [7, 11) is 0. The summed E-state index contributed by atoms with van der Waals surface area (Å²) in [6.45, 7) is 0.351. The highest BCUT2D eigenvalue weighted by Crippen LogP contribution is 2.25. The van der Waals surface area contributed by atoms with Crippen LogP contribution in [0.15, 0.2) is 66.0 Å². The van der Waals surface area contributed by atoms with Crippen molar-refractivity contribution < 1.29 is 14.6 Å². The van der Waals surface area contributed by atoms with E-state index in [2.05, 4.69) is 0 Å². The second kappa shape index (κ2) is 8.01. The molecule has 0 bridgehead atoms. The zero-order chi connectivity index (χ0) is 17.6. The van der Waals surface area contributed by atoms with E-state index in [9.17, 15) is 9.90 Å². The SMILES string of the molecule is O=C(O)/C(=C\c1cccc(OCc2ccccc2Cl)c1)c1cccs1. The Morgan fingerprint density at radius 3 is 2.68 bits per heavy atom. The largest absolute Gasteiger partial charge is 0.489 e. The maximum atomic E-state index is 11.5. The van der Waals surface area contributed by atoms with E-state index in [1.54, 1.807) is 12.1 Å².